The predicted molar refractivity (Wildman–Crippen MR) is 98.6 cm³/mol. The van der Waals surface area contributed by atoms with Crippen molar-refractivity contribution in [2.75, 3.05) is 18.6 Å². The molecule has 1 aliphatic heterocycles. The van der Waals surface area contributed by atoms with E-state index in [2.05, 4.69) is 0 Å². The Morgan fingerprint density at radius 1 is 0.893 bits per heavy atom. The molecule has 4 rings (SSSR count). The maximum Gasteiger partial charge on any atom is 0.164 e. The van der Waals surface area contributed by atoms with E-state index in [-0.39, 0.29) is 11.3 Å². The van der Waals surface area contributed by atoms with Crippen molar-refractivity contribution in [2.24, 2.45) is 0 Å². The summed E-state index contributed by atoms with van der Waals surface area (Å²) in [5, 5.41) is 0. The molecule has 3 aromatic rings. The fraction of sp³-hybridized carbons (Fsp3) is 0.182. The van der Waals surface area contributed by atoms with Crippen LogP contribution in [0.2, 0.25) is 0 Å². The Labute approximate surface area is 160 Å². The maximum absolute atomic E-state index is 14.7. The van der Waals surface area contributed by atoms with Crippen LogP contribution in [-0.4, -0.2) is 13.7 Å². The summed E-state index contributed by atoms with van der Waals surface area (Å²) in [5.74, 6) is -2.58. The van der Waals surface area contributed by atoms with Gasteiger partial charge in [0, 0.05) is 18.2 Å². The molecule has 0 N–H and O–H groups in total. The average Bonchev–Trinajstić information content (AvgIpc) is 2.71. The van der Waals surface area contributed by atoms with Gasteiger partial charge in [-0.25, -0.2) is 17.6 Å². The first-order valence-electron chi connectivity index (χ1n) is 8.82. The second-order valence-corrected chi connectivity index (χ2v) is 6.65. The zero-order valence-electron chi connectivity index (χ0n) is 15.1. The van der Waals surface area contributed by atoms with E-state index in [1.54, 1.807) is 24.1 Å². The Kier molecular flexibility index (Phi) is 4.71. The number of ether oxygens (including phenoxy) is 1. The number of methoxy groups -OCH3 is 1. The molecule has 0 saturated heterocycles. The van der Waals surface area contributed by atoms with Crippen LogP contribution in [-0.2, 0) is 6.42 Å². The zero-order valence-corrected chi connectivity index (χ0v) is 15.1. The van der Waals surface area contributed by atoms with Gasteiger partial charge in [-0.05, 0) is 47.9 Å². The largest absolute Gasteiger partial charge is 0.497 e. The third-order valence-corrected chi connectivity index (χ3v) is 5.07. The molecule has 2 nitrogen and oxygen atoms in total. The van der Waals surface area contributed by atoms with Gasteiger partial charge in [0.05, 0.1) is 18.8 Å². The van der Waals surface area contributed by atoms with Crippen LogP contribution in [0.3, 0.4) is 0 Å². The Bertz CT molecular complexity index is 1040. The third kappa shape index (κ3) is 3.09. The summed E-state index contributed by atoms with van der Waals surface area (Å²) >= 11 is 0. The highest BCUT2D eigenvalue weighted by atomic mass is 19.2. The molecule has 0 bridgehead atoms. The van der Waals surface area contributed by atoms with E-state index in [0.29, 0.717) is 24.3 Å². The molecule has 0 saturated carbocycles. The predicted octanol–water partition coefficient (Wildman–Crippen LogP) is 5.40. The van der Waals surface area contributed by atoms with Gasteiger partial charge in [-0.2, -0.15) is 0 Å². The van der Waals surface area contributed by atoms with Crippen LogP contribution in [0.1, 0.15) is 22.7 Å². The fourth-order valence-corrected chi connectivity index (χ4v) is 3.76. The minimum atomic E-state index is -1.00. The van der Waals surface area contributed by atoms with Gasteiger partial charge in [-0.1, -0.05) is 18.2 Å². The first-order chi connectivity index (χ1) is 13.5. The number of halogens is 4. The Balaban J connectivity index is 1.93. The average molecular weight is 387 g/mol. The summed E-state index contributed by atoms with van der Waals surface area (Å²) in [6.45, 7) is 0.307. The van der Waals surface area contributed by atoms with Gasteiger partial charge in [0.2, 0.25) is 0 Å². The summed E-state index contributed by atoms with van der Waals surface area (Å²) in [4.78, 5) is 1.57. The number of benzene rings is 3. The topological polar surface area (TPSA) is 12.5 Å². The monoisotopic (exact) mass is 387 g/mol. The second-order valence-electron chi connectivity index (χ2n) is 6.65. The fourth-order valence-electron chi connectivity index (χ4n) is 3.76. The Morgan fingerprint density at radius 3 is 2.50 bits per heavy atom. The van der Waals surface area contributed by atoms with Crippen molar-refractivity contribution in [3.63, 3.8) is 0 Å². The second kappa shape index (κ2) is 7.19. The van der Waals surface area contributed by atoms with Gasteiger partial charge in [-0.15, -0.1) is 0 Å². The van der Waals surface area contributed by atoms with E-state index in [9.17, 15) is 17.6 Å². The molecule has 28 heavy (non-hydrogen) atoms. The summed E-state index contributed by atoms with van der Waals surface area (Å²) in [5.41, 5.74) is 1.66. The van der Waals surface area contributed by atoms with Gasteiger partial charge in [0.1, 0.15) is 17.4 Å². The highest BCUT2D eigenvalue weighted by molar-refractivity contribution is 5.57. The lowest BCUT2D eigenvalue weighted by atomic mass is 9.87. The summed E-state index contributed by atoms with van der Waals surface area (Å²) in [6, 6.07) is 11.5. The van der Waals surface area contributed by atoms with Crippen molar-refractivity contribution in [2.45, 2.75) is 12.5 Å². The van der Waals surface area contributed by atoms with Crippen molar-refractivity contribution in [3.05, 3.63) is 94.6 Å². The lowest BCUT2D eigenvalue weighted by Crippen LogP contribution is -2.37. The molecule has 144 valence electrons. The van der Waals surface area contributed by atoms with Crippen molar-refractivity contribution >= 4 is 5.69 Å². The van der Waals surface area contributed by atoms with Crippen molar-refractivity contribution < 1.29 is 22.3 Å². The summed E-state index contributed by atoms with van der Waals surface area (Å²) in [7, 11) is 1.54. The van der Waals surface area contributed by atoms with Crippen LogP contribution >= 0.6 is 0 Å². The molecular weight excluding hydrogens is 370 g/mol. The molecule has 0 fully saturated rings. The third-order valence-electron chi connectivity index (χ3n) is 5.07. The molecule has 0 radical (unpaired) electrons. The van der Waals surface area contributed by atoms with Crippen molar-refractivity contribution in [3.8, 4) is 5.75 Å². The van der Waals surface area contributed by atoms with E-state index in [1.165, 1.54) is 12.1 Å². The lowest BCUT2D eigenvalue weighted by molar-refractivity contribution is 0.413. The first kappa shape index (κ1) is 18.3. The van der Waals surface area contributed by atoms with Crippen LogP contribution in [0.4, 0.5) is 23.2 Å². The molecule has 1 aliphatic rings. The lowest BCUT2D eigenvalue weighted by Gasteiger charge is -2.39. The number of nitrogens with zero attached hydrogens (tertiary/aromatic N) is 1. The molecule has 0 amide bonds. The van der Waals surface area contributed by atoms with E-state index >= 15 is 0 Å². The van der Waals surface area contributed by atoms with E-state index in [4.69, 9.17) is 4.74 Å². The number of fused-ring (bicyclic) bond motifs is 1. The molecule has 0 unspecified atom stereocenters. The molecule has 1 atom stereocenters. The normalized spacial score (nSPS) is 16.0. The van der Waals surface area contributed by atoms with E-state index in [0.717, 1.165) is 29.8 Å². The molecular formula is C22H17F4NO. The van der Waals surface area contributed by atoms with Gasteiger partial charge in [-0.3, -0.25) is 0 Å². The molecule has 3 aromatic carbocycles. The Morgan fingerprint density at radius 2 is 1.71 bits per heavy atom. The van der Waals surface area contributed by atoms with Crippen LogP contribution in [0.25, 0.3) is 0 Å². The summed E-state index contributed by atoms with van der Waals surface area (Å²) in [6.07, 6.45) is 0.524. The van der Waals surface area contributed by atoms with E-state index in [1.807, 2.05) is 6.07 Å². The minimum absolute atomic E-state index is 0.00938. The number of hydrogen-bond acceptors (Lipinski definition) is 2. The summed E-state index contributed by atoms with van der Waals surface area (Å²) < 4.78 is 62.3. The van der Waals surface area contributed by atoms with Gasteiger partial charge in [0.25, 0.3) is 0 Å². The van der Waals surface area contributed by atoms with Crippen molar-refractivity contribution in [1.29, 1.82) is 0 Å². The molecule has 1 heterocycles. The van der Waals surface area contributed by atoms with Gasteiger partial charge < -0.3 is 9.64 Å². The number of hydrogen-bond donors (Lipinski definition) is 0. The van der Waals surface area contributed by atoms with E-state index < -0.39 is 29.3 Å². The molecule has 0 spiro atoms. The van der Waals surface area contributed by atoms with Crippen LogP contribution in [0.15, 0.2) is 54.6 Å². The highest BCUT2D eigenvalue weighted by Crippen LogP contribution is 2.41. The molecule has 6 heteroatoms. The smallest absolute Gasteiger partial charge is 0.164 e. The van der Waals surface area contributed by atoms with Crippen LogP contribution in [0.5, 0.6) is 5.75 Å². The van der Waals surface area contributed by atoms with Crippen molar-refractivity contribution in [1.82, 2.24) is 0 Å². The zero-order chi connectivity index (χ0) is 19.8. The SMILES string of the molecule is COc1ccc2c(c1)CCN(c1cc(F)ccc1F)[C@H]2c1cccc(F)c1F. The standard InChI is InChI=1S/C22H17F4NO/c1-28-15-6-7-16-13(11-15)9-10-27(20-12-14(23)5-8-18(20)24)22(16)17-3-2-4-19(25)21(17)26/h2-8,11-12,22H,9-10H2,1H3/t22-/m1/s1. The van der Waals surface area contributed by atoms with Gasteiger partial charge in [0.15, 0.2) is 11.6 Å². The minimum Gasteiger partial charge on any atom is -0.497 e. The highest BCUT2D eigenvalue weighted by Gasteiger charge is 2.33. The molecule has 0 aliphatic carbocycles. The number of anilines is 1. The number of rotatable bonds is 3. The Hall–Kier alpha value is -3.02. The van der Waals surface area contributed by atoms with Crippen LogP contribution < -0.4 is 9.64 Å². The van der Waals surface area contributed by atoms with Gasteiger partial charge >= 0.3 is 0 Å². The van der Waals surface area contributed by atoms with Crippen LogP contribution in [0, 0.1) is 23.3 Å². The molecule has 0 aromatic heterocycles. The quantitative estimate of drug-likeness (QED) is 0.558. The first-order valence-corrected chi connectivity index (χ1v) is 8.82. The maximum atomic E-state index is 14.7.